The van der Waals surface area contributed by atoms with E-state index in [-0.39, 0.29) is 39.2 Å². The molecule has 3 rings (SSSR count). The molecular weight excluding hydrogens is 434 g/mol. The van der Waals surface area contributed by atoms with Gasteiger partial charge in [-0.3, -0.25) is 9.59 Å². The molecule has 2 aromatic rings. The fraction of sp³-hybridized carbons (Fsp3) is 0.481. The molecule has 1 aliphatic heterocycles. The summed E-state index contributed by atoms with van der Waals surface area (Å²) >= 11 is 0. The molecule has 1 unspecified atom stereocenters. The Balaban J connectivity index is 2.24. The smallest absolute Gasteiger partial charge is 0.224 e. The van der Waals surface area contributed by atoms with Gasteiger partial charge in [-0.15, -0.1) is 0 Å². The molecule has 0 fully saturated rings. The Morgan fingerprint density at radius 3 is 2.12 bits per heavy atom. The average Bonchev–Trinajstić information content (AvgIpc) is 2.95. The Morgan fingerprint density at radius 2 is 1.64 bits per heavy atom. The number of hydrogen-bond donors (Lipinski definition) is 1. The molecule has 0 aromatic heterocycles. The van der Waals surface area contributed by atoms with Gasteiger partial charge in [-0.05, 0) is 59.9 Å². The molecule has 1 heterocycles. The van der Waals surface area contributed by atoms with Gasteiger partial charge in [-0.25, -0.2) is 8.42 Å². The molecule has 1 N–H and O–H groups in total. The van der Waals surface area contributed by atoms with Crippen molar-refractivity contribution in [1.82, 2.24) is 0 Å². The molecule has 1 amide bonds. The second-order valence-corrected chi connectivity index (χ2v) is 12.7. The SMILES string of the molecule is CC(=O)c1c(C)c(NC(=O)CC(C)(C)C)c(C)c2c1S(=O)(=O)CC2c1ccc(C(C)C)cc1. The van der Waals surface area contributed by atoms with Gasteiger partial charge in [0.2, 0.25) is 5.91 Å². The first-order valence-corrected chi connectivity index (χ1v) is 13.1. The van der Waals surface area contributed by atoms with Crippen LogP contribution in [0, 0.1) is 19.3 Å². The topological polar surface area (TPSA) is 80.3 Å². The van der Waals surface area contributed by atoms with E-state index in [0.29, 0.717) is 34.7 Å². The summed E-state index contributed by atoms with van der Waals surface area (Å²) in [5, 5.41) is 3.00. The highest BCUT2D eigenvalue weighted by atomic mass is 32.2. The normalized spacial score (nSPS) is 17.2. The largest absolute Gasteiger partial charge is 0.326 e. The Hall–Kier alpha value is -2.47. The Kier molecular flexibility index (Phi) is 6.64. The van der Waals surface area contributed by atoms with Gasteiger partial charge < -0.3 is 5.32 Å². The third-order valence-electron chi connectivity index (χ3n) is 6.36. The van der Waals surface area contributed by atoms with Crippen LogP contribution >= 0.6 is 0 Å². The first-order chi connectivity index (χ1) is 15.1. The van der Waals surface area contributed by atoms with Crippen LogP contribution in [-0.4, -0.2) is 25.9 Å². The maximum atomic E-state index is 13.3. The Labute approximate surface area is 197 Å². The van der Waals surface area contributed by atoms with E-state index in [9.17, 15) is 18.0 Å². The lowest BCUT2D eigenvalue weighted by Crippen LogP contribution is -2.22. The van der Waals surface area contributed by atoms with Crippen LogP contribution < -0.4 is 5.32 Å². The fourth-order valence-corrected chi connectivity index (χ4v) is 7.00. The number of amides is 1. The Bertz CT molecular complexity index is 1220. The van der Waals surface area contributed by atoms with Crippen molar-refractivity contribution in [3.05, 3.63) is 57.6 Å². The van der Waals surface area contributed by atoms with Crippen molar-refractivity contribution in [1.29, 1.82) is 0 Å². The summed E-state index contributed by atoms with van der Waals surface area (Å²) in [5.74, 6) is -0.556. The summed E-state index contributed by atoms with van der Waals surface area (Å²) in [7, 11) is -3.66. The lowest BCUT2D eigenvalue weighted by Gasteiger charge is -2.23. The third-order valence-corrected chi connectivity index (χ3v) is 8.18. The van der Waals surface area contributed by atoms with Crippen molar-refractivity contribution in [2.75, 3.05) is 11.1 Å². The minimum Gasteiger partial charge on any atom is -0.326 e. The van der Waals surface area contributed by atoms with Crippen LogP contribution in [0.1, 0.15) is 98.0 Å². The first-order valence-electron chi connectivity index (χ1n) is 11.4. The van der Waals surface area contributed by atoms with Crippen LogP contribution in [0.15, 0.2) is 29.2 Å². The van der Waals surface area contributed by atoms with Crippen LogP contribution in [0.5, 0.6) is 0 Å². The van der Waals surface area contributed by atoms with E-state index < -0.39 is 9.84 Å². The van der Waals surface area contributed by atoms with Crippen molar-refractivity contribution >= 4 is 27.2 Å². The monoisotopic (exact) mass is 469 g/mol. The zero-order valence-corrected chi connectivity index (χ0v) is 21.7. The number of carbonyl (C=O) groups is 2. The lowest BCUT2D eigenvalue weighted by molar-refractivity contribution is -0.117. The molecule has 5 nitrogen and oxygen atoms in total. The lowest BCUT2D eigenvalue weighted by atomic mass is 9.84. The van der Waals surface area contributed by atoms with Crippen LogP contribution in [0.2, 0.25) is 0 Å². The zero-order valence-electron chi connectivity index (χ0n) is 20.9. The molecule has 0 saturated heterocycles. The standard InChI is InChI=1S/C27H35NO4S/c1-15(2)19-9-11-20(12-10-19)21-14-33(31,32)26-23(18(5)29)16(3)25(17(4)24(21)26)28-22(30)13-27(6,7)8/h9-12,15,21H,13-14H2,1-8H3,(H,28,30). The molecule has 0 saturated carbocycles. The molecule has 33 heavy (non-hydrogen) atoms. The molecule has 0 radical (unpaired) electrons. The van der Waals surface area contributed by atoms with E-state index in [1.54, 1.807) is 6.92 Å². The van der Waals surface area contributed by atoms with Gasteiger partial charge in [0.1, 0.15) is 0 Å². The third kappa shape index (κ3) is 4.91. The van der Waals surface area contributed by atoms with E-state index in [0.717, 1.165) is 5.56 Å². The quantitative estimate of drug-likeness (QED) is 0.551. The molecule has 1 atom stereocenters. The maximum absolute atomic E-state index is 13.3. The van der Waals surface area contributed by atoms with Crippen LogP contribution in [0.25, 0.3) is 0 Å². The molecule has 1 aliphatic rings. The number of nitrogens with one attached hydrogen (secondary N) is 1. The average molecular weight is 470 g/mol. The number of fused-ring (bicyclic) bond motifs is 1. The minimum atomic E-state index is -3.66. The maximum Gasteiger partial charge on any atom is 0.224 e. The van der Waals surface area contributed by atoms with Gasteiger partial charge in [0, 0.05) is 23.6 Å². The summed E-state index contributed by atoms with van der Waals surface area (Å²) in [6, 6.07) is 8.03. The predicted molar refractivity (Wildman–Crippen MR) is 133 cm³/mol. The van der Waals surface area contributed by atoms with Gasteiger partial charge in [-0.1, -0.05) is 58.9 Å². The number of carbonyl (C=O) groups excluding carboxylic acids is 2. The summed E-state index contributed by atoms with van der Waals surface area (Å²) in [6.07, 6.45) is 0.316. The van der Waals surface area contributed by atoms with Crippen LogP contribution in [-0.2, 0) is 14.6 Å². The molecule has 6 heteroatoms. The highest BCUT2D eigenvalue weighted by Gasteiger charge is 2.42. The highest BCUT2D eigenvalue weighted by molar-refractivity contribution is 7.92. The predicted octanol–water partition coefficient (Wildman–Crippen LogP) is 5.92. The molecule has 178 valence electrons. The molecular formula is C27H35NO4S. The minimum absolute atomic E-state index is 0.0801. The van der Waals surface area contributed by atoms with Crippen LogP contribution in [0.4, 0.5) is 5.69 Å². The van der Waals surface area contributed by atoms with Crippen molar-refractivity contribution in [2.45, 2.75) is 78.5 Å². The number of sulfone groups is 1. The van der Waals surface area contributed by atoms with E-state index in [1.165, 1.54) is 12.5 Å². The number of hydrogen-bond acceptors (Lipinski definition) is 4. The van der Waals surface area contributed by atoms with E-state index in [1.807, 2.05) is 52.0 Å². The van der Waals surface area contributed by atoms with Gasteiger partial charge in [0.25, 0.3) is 0 Å². The second kappa shape index (κ2) is 8.71. The van der Waals surface area contributed by atoms with Gasteiger partial charge >= 0.3 is 0 Å². The number of Topliss-reactive ketones (excluding diaryl/α,β-unsaturated/α-hetero) is 1. The second-order valence-electron chi connectivity index (χ2n) is 10.7. The number of ketones is 1. The summed E-state index contributed by atoms with van der Waals surface area (Å²) < 4.78 is 26.6. The molecule has 0 spiro atoms. The van der Waals surface area contributed by atoms with Gasteiger partial charge in [-0.2, -0.15) is 0 Å². The zero-order chi connectivity index (χ0) is 24.9. The molecule has 2 aromatic carbocycles. The molecule has 0 aliphatic carbocycles. The molecule has 0 bridgehead atoms. The number of benzene rings is 2. The Morgan fingerprint density at radius 1 is 1.06 bits per heavy atom. The van der Waals surface area contributed by atoms with E-state index in [2.05, 4.69) is 19.2 Å². The summed E-state index contributed by atoms with van der Waals surface area (Å²) in [6.45, 7) is 15.1. The van der Waals surface area contributed by atoms with Crippen molar-refractivity contribution in [3.63, 3.8) is 0 Å². The van der Waals surface area contributed by atoms with Gasteiger partial charge in [0.05, 0.1) is 10.6 Å². The van der Waals surface area contributed by atoms with Crippen molar-refractivity contribution in [3.8, 4) is 0 Å². The van der Waals surface area contributed by atoms with Crippen molar-refractivity contribution in [2.24, 2.45) is 5.41 Å². The van der Waals surface area contributed by atoms with E-state index in [4.69, 9.17) is 0 Å². The first kappa shape index (κ1) is 25.2. The summed E-state index contributed by atoms with van der Waals surface area (Å²) in [4.78, 5) is 25.6. The highest BCUT2D eigenvalue weighted by Crippen LogP contribution is 2.47. The van der Waals surface area contributed by atoms with Crippen LogP contribution in [0.3, 0.4) is 0 Å². The fourth-order valence-electron chi connectivity index (χ4n) is 4.80. The van der Waals surface area contributed by atoms with Gasteiger partial charge in [0.15, 0.2) is 15.6 Å². The number of rotatable bonds is 5. The summed E-state index contributed by atoms with van der Waals surface area (Å²) in [5.41, 5.74) is 4.49. The van der Waals surface area contributed by atoms with E-state index >= 15 is 0 Å². The number of anilines is 1. The van der Waals surface area contributed by atoms with Crippen molar-refractivity contribution < 1.29 is 18.0 Å².